The van der Waals surface area contributed by atoms with Gasteiger partial charge in [-0.1, -0.05) is 27.2 Å². The average Bonchev–Trinajstić information content (AvgIpc) is 2.60. The zero-order chi connectivity index (χ0) is 12.3. The summed E-state index contributed by atoms with van der Waals surface area (Å²) in [6.45, 7) is 7.62. The predicted molar refractivity (Wildman–Crippen MR) is 66.4 cm³/mol. The van der Waals surface area contributed by atoms with Gasteiger partial charge in [-0.05, 0) is 42.6 Å². The molecule has 2 aliphatic carbocycles. The molecule has 0 N–H and O–H groups in total. The molecule has 2 atom stereocenters. The second kappa shape index (κ2) is 3.37. The molecule has 1 heterocycles. The zero-order valence-electron chi connectivity index (χ0n) is 11.1. The maximum absolute atomic E-state index is 12.0. The van der Waals surface area contributed by atoms with Gasteiger partial charge in [0.05, 0.1) is 0 Å². The van der Waals surface area contributed by atoms with Gasteiger partial charge in [0.15, 0.2) is 0 Å². The maximum atomic E-state index is 12.0. The SMILES string of the molecule is CC1(C)CCC[C@]2(C)C3=C(CC[C@H]12)COC3=O. The van der Waals surface area contributed by atoms with Crippen LogP contribution < -0.4 is 0 Å². The van der Waals surface area contributed by atoms with Crippen LogP contribution in [0.15, 0.2) is 11.1 Å². The van der Waals surface area contributed by atoms with Gasteiger partial charge >= 0.3 is 5.97 Å². The Labute approximate surface area is 103 Å². The third kappa shape index (κ3) is 1.42. The van der Waals surface area contributed by atoms with Crippen LogP contribution in [0.2, 0.25) is 0 Å². The molecule has 0 aromatic heterocycles. The second-order valence-electron chi connectivity index (χ2n) is 6.91. The van der Waals surface area contributed by atoms with Gasteiger partial charge < -0.3 is 4.74 Å². The van der Waals surface area contributed by atoms with E-state index >= 15 is 0 Å². The van der Waals surface area contributed by atoms with E-state index in [1.807, 2.05) is 0 Å². The highest BCUT2D eigenvalue weighted by atomic mass is 16.5. The van der Waals surface area contributed by atoms with Crippen molar-refractivity contribution in [2.45, 2.75) is 52.9 Å². The highest BCUT2D eigenvalue weighted by Crippen LogP contribution is 2.60. The lowest BCUT2D eigenvalue weighted by Gasteiger charge is -2.53. The first kappa shape index (κ1) is 11.3. The summed E-state index contributed by atoms with van der Waals surface area (Å²) in [7, 11) is 0. The Hall–Kier alpha value is -0.790. The lowest BCUT2D eigenvalue weighted by molar-refractivity contribution is -0.138. The van der Waals surface area contributed by atoms with Crippen molar-refractivity contribution in [1.29, 1.82) is 0 Å². The molecule has 0 spiro atoms. The molecule has 0 aromatic carbocycles. The van der Waals surface area contributed by atoms with Gasteiger partial charge in [-0.2, -0.15) is 0 Å². The fourth-order valence-corrected chi connectivity index (χ4v) is 4.72. The first-order chi connectivity index (χ1) is 7.95. The van der Waals surface area contributed by atoms with Crippen molar-refractivity contribution in [3.63, 3.8) is 0 Å². The topological polar surface area (TPSA) is 26.3 Å². The molecule has 0 aromatic rings. The van der Waals surface area contributed by atoms with Crippen LogP contribution in [0.5, 0.6) is 0 Å². The van der Waals surface area contributed by atoms with Gasteiger partial charge in [-0.3, -0.25) is 0 Å². The molecule has 94 valence electrons. The van der Waals surface area contributed by atoms with Crippen molar-refractivity contribution < 1.29 is 9.53 Å². The largest absolute Gasteiger partial charge is 0.458 e. The molecule has 2 heteroatoms. The lowest BCUT2D eigenvalue weighted by Crippen LogP contribution is -2.46. The maximum Gasteiger partial charge on any atom is 0.334 e. The molecule has 0 bridgehead atoms. The molecule has 0 saturated heterocycles. The highest BCUT2D eigenvalue weighted by Gasteiger charge is 2.54. The van der Waals surface area contributed by atoms with E-state index in [1.54, 1.807) is 0 Å². The van der Waals surface area contributed by atoms with Gasteiger partial charge in [-0.15, -0.1) is 0 Å². The molecule has 0 radical (unpaired) electrons. The van der Waals surface area contributed by atoms with Crippen LogP contribution in [0.1, 0.15) is 52.9 Å². The minimum absolute atomic E-state index is 0.0232. The summed E-state index contributed by atoms with van der Waals surface area (Å²) in [5.41, 5.74) is 2.81. The lowest BCUT2D eigenvalue weighted by atomic mass is 9.50. The summed E-state index contributed by atoms with van der Waals surface area (Å²) in [6.07, 6.45) is 6.01. The van der Waals surface area contributed by atoms with Crippen LogP contribution in [-0.2, 0) is 9.53 Å². The predicted octanol–water partition coefficient (Wildman–Crippen LogP) is 3.47. The van der Waals surface area contributed by atoms with E-state index in [9.17, 15) is 4.79 Å². The van der Waals surface area contributed by atoms with E-state index in [1.165, 1.54) is 24.8 Å². The van der Waals surface area contributed by atoms with Crippen molar-refractivity contribution >= 4 is 5.97 Å². The molecule has 1 saturated carbocycles. The minimum atomic E-state index is -0.0232. The summed E-state index contributed by atoms with van der Waals surface area (Å²) in [5.74, 6) is 0.623. The van der Waals surface area contributed by atoms with E-state index in [0.29, 0.717) is 17.9 Å². The molecule has 1 aliphatic heterocycles. The average molecular weight is 234 g/mol. The van der Waals surface area contributed by atoms with Crippen molar-refractivity contribution in [1.82, 2.24) is 0 Å². The smallest absolute Gasteiger partial charge is 0.334 e. The van der Waals surface area contributed by atoms with Crippen LogP contribution in [0.25, 0.3) is 0 Å². The van der Waals surface area contributed by atoms with E-state index in [2.05, 4.69) is 20.8 Å². The Morgan fingerprint density at radius 2 is 2.00 bits per heavy atom. The minimum Gasteiger partial charge on any atom is -0.458 e. The summed E-state index contributed by atoms with van der Waals surface area (Å²) in [5, 5.41) is 0. The number of ether oxygens (including phenoxy) is 1. The summed E-state index contributed by atoms with van der Waals surface area (Å²) >= 11 is 0. The fraction of sp³-hybridized carbons (Fsp3) is 0.800. The van der Waals surface area contributed by atoms with Crippen LogP contribution in [-0.4, -0.2) is 12.6 Å². The van der Waals surface area contributed by atoms with Crippen molar-refractivity contribution in [2.24, 2.45) is 16.7 Å². The van der Waals surface area contributed by atoms with Gasteiger partial charge in [0.1, 0.15) is 6.61 Å². The van der Waals surface area contributed by atoms with Crippen molar-refractivity contribution in [3.05, 3.63) is 11.1 Å². The van der Waals surface area contributed by atoms with Gasteiger partial charge in [0, 0.05) is 11.0 Å². The molecule has 1 fully saturated rings. The van der Waals surface area contributed by atoms with E-state index in [0.717, 1.165) is 18.4 Å². The Bertz CT molecular complexity index is 405. The number of cyclic esters (lactones) is 1. The molecular formula is C15H22O2. The molecule has 3 rings (SSSR count). The Balaban J connectivity index is 2.08. The summed E-state index contributed by atoms with van der Waals surface area (Å²) in [6, 6.07) is 0. The van der Waals surface area contributed by atoms with E-state index < -0.39 is 0 Å². The van der Waals surface area contributed by atoms with E-state index in [-0.39, 0.29) is 11.4 Å². The number of fused-ring (bicyclic) bond motifs is 2. The third-order valence-corrected chi connectivity index (χ3v) is 5.47. The van der Waals surface area contributed by atoms with Crippen LogP contribution in [0.3, 0.4) is 0 Å². The number of hydrogen-bond donors (Lipinski definition) is 0. The first-order valence-electron chi connectivity index (χ1n) is 6.85. The molecule has 2 nitrogen and oxygen atoms in total. The number of carbonyl (C=O) groups excluding carboxylic acids is 1. The highest BCUT2D eigenvalue weighted by molar-refractivity contribution is 5.93. The quantitative estimate of drug-likeness (QED) is 0.600. The molecule has 3 aliphatic rings. The summed E-state index contributed by atoms with van der Waals surface area (Å²) in [4.78, 5) is 12.0. The fourth-order valence-electron chi connectivity index (χ4n) is 4.72. The van der Waals surface area contributed by atoms with E-state index in [4.69, 9.17) is 4.74 Å². The first-order valence-corrected chi connectivity index (χ1v) is 6.85. The van der Waals surface area contributed by atoms with Gasteiger partial charge in [0.2, 0.25) is 0 Å². The zero-order valence-corrected chi connectivity index (χ0v) is 11.1. The third-order valence-electron chi connectivity index (χ3n) is 5.47. The standard InChI is InChI=1S/C15H22O2/c1-14(2)7-4-8-15(3)11(14)6-5-10-9-17-13(16)12(10)15/h11H,4-9H2,1-3H3/t11-,15+/m1/s1. The van der Waals surface area contributed by atoms with Gasteiger partial charge in [-0.25, -0.2) is 4.79 Å². The van der Waals surface area contributed by atoms with Crippen molar-refractivity contribution in [3.8, 4) is 0 Å². The summed E-state index contributed by atoms with van der Waals surface area (Å²) < 4.78 is 5.27. The van der Waals surface area contributed by atoms with Crippen LogP contribution >= 0.6 is 0 Å². The van der Waals surface area contributed by atoms with Gasteiger partial charge in [0.25, 0.3) is 0 Å². The van der Waals surface area contributed by atoms with Crippen LogP contribution in [0, 0.1) is 16.7 Å². The number of hydrogen-bond acceptors (Lipinski definition) is 2. The number of carbonyl (C=O) groups is 1. The Morgan fingerprint density at radius 1 is 1.24 bits per heavy atom. The number of esters is 1. The van der Waals surface area contributed by atoms with Crippen LogP contribution in [0.4, 0.5) is 0 Å². The number of rotatable bonds is 0. The normalized spacial score (nSPS) is 39.7. The molecule has 17 heavy (non-hydrogen) atoms. The monoisotopic (exact) mass is 234 g/mol. The molecular weight excluding hydrogens is 212 g/mol. The van der Waals surface area contributed by atoms with Crippen molar-refractivity contribution in [2.75, 3.05) is 6.61 Å². The second-order valence-corrected chi connectivity index (χ2v) is 6.91. The molecule has 0 amide bonds. The molecule has 0 unspecified atom stereocenters. The Kier molecular flexibility index (Phi) is 2.24. The Morgan fingerprint density at radius 3 is 2.76 bits per heavy atom.